The fraction of sp³-hybridized carbons (Fsp3) is 1.00. The first-order valence-corrected chi connectivity index (χ1v) is 12.6. The Morgan fingerprint density at radius 3 is 0.920 bits per heavy atom. The van der Waals surface area contributed by atoms with Gasteiger partial charge in [0.1, 0.15) is 0 Å². The van der Waals surface area contributed by atoms with Crippen LogP contribution in [0.4, 0.5) is 0 Å². The van der Waals surface area contributed by atoms with E-state index in [2.05, 4.69) is 74.0 Å². The third kappa shape index (κ3) is 9.25. The summed E-state index contributed by atoms with van der Waals surface area (Å²) in [5, 5.41) is 0. The van der Waals surface area contributed by atoms with Crippen LogP contribution in [0, 0.1) is 0 Å². The van der Waals surface area contributed by atoms with Gasteiger partial charge in [-0.3, -0.25) is 0 Å². The van der Waals surface area contributed by atoms with Crippen molar-refractivity contribution in [3.05, 3.63) is 0 Å². The number of hydrogen-bond donors (Lipinski definition) is 0. The minimum Gasteiger partial charge on any atom is -0.355 e. The summed E-state index contributed by atoms with van der Waals surface area (Å²) >= 11 is -1.35. The molecule has 0 heterocycles. The van der Waals surface area contributed by atoms with Crippen LogP contribution in [0.3, 0.4) is 0 Å². The van der Waals surface area contributed by atoms with Crippen LogP contribution < -0.4 is 0 Å². The van der Waals surface area contributed by atoms with Crippen LogP contribution in [-0.2, 0) is 0 Å². The molecule has 0 radical (unpaired) electrons. The molecule has 0 aromatic carbocycles. The van der Waals surface area contributed by atoms with Crippen molar-refractivity contribution in [2.45, 2.75) is 119 Å². The minimum atomic E-state index is -1.35. The molecule has 0 aliphatic heterocycles. The molecule has 0 aliphatic carbocycles. The molecule has 4 heteroatoms. The Balaban J connectivity index is 5.75. The largest absolute Gasteiger partial charge is 0.609 e. The van der Waals surface area contributed by atoms with E-state index in [4.69, 9.17) is 0 Å². The minimum absolute atomic E-state index is 0.633. The van der Waals surface area contributed by atoms with E-state index in [0.29, 0.717) is 18.1 Å². The lowest BCUT2D eigenvalue weighted by atomic mass is 10.3. The summed E-state index contributed by atoms with van der Waals surface area (Å²) < 4.78 is 8.69. The Bertz CT molecular complexity index is 260. The SMILES string of the molecule is CCCC[N](C(C)C)[Al]([N](CCCC)C(C)C)[N](CCCC)C(C)C. The molecular formula is C21H48AlN3. The lowest BCUT2D eigenvalue weighted by Crippen LogP contribution is -2.68. The first-order valence-electron chi connectivity index (χ1n) is 11.1. The molecule has 0 aromatic heterocycles. The summed E-state index contributed by atoms with van der Waals surface area (Å²) in [5.74, 6) is 0. The second-order valence-corrected chi connectivity index (χ2v) is 11.1. The third-order valence-corrected chi connectivity index (χ3v) is 9.53. The van der Waals surface area contributed by atoms with E-state index in [9.17, 15) is 0 Å². The van der Waals surface area contributed by atoms with E-state index < -0.39 is 14.8 Å². The highest BCUT2D eigenvalue weighted by Crippen LogP contribution is 2.19. The van der Waals surface area contributed by atoms with Crippen molar-refractivity contribution < 1.29 is 0 Å². The molecule has 0 atom stereocenters. The van der Waals surface area contributed by atoms with Crippen LogP contribution in [0.25, 0.3) is 0 Å². The van der Waals surface area contributed by atoms with Crippen LogP contribution in [0.1, 0.15) is 101 Å². The van der Waals surface area contributed by atoms with Crippen LogP contribution in [0.5, 0.6) is 0 Å². The standard InChI is InChI=1S/3C7H16N.Al/c3*1-4-5-6-8-7(2)3;/h3*7H,4-6H2,1-3H3;/q3*-1;+3. The molecule has 0 rings (SSSR count). The van der Waals surface area contributed by atoms with Crippen molar-refractivity contribution in [2.75, 3.05) is 19.6 Å². The molecule has 0 saturated carbocycles. The molecule has 0 bridgehead atoms. The zero-order valence-corrected chi connectivity index (χ0v) is 20.2. The Morgan fingerprint density at radius 2 is 0.760 bits per heavy atom. The summed E-state index contributed by atoms with van der Waals surface area (Å²) in [7, 11) is 0. The highest BCUT2D eigenvalue weighted by atomic mass is 27.2. The molecular weight excluding hydrogens is 321 g/mol. The maximum atomic E-state index is 2.90. The monoisotopic (exact) mass is 369 g/mol. The van der Waals surface area contributed by atoms with Crippen molar-refractivity contribution in [3.8, 4) is 0 Å². The van der Waals surface area contributed by atoms with Crippen LogP contribution in [0.2, 0.25) is 0 Å². The first-order chi connectivity index (χ1) is 11.8. The number of rotatable bonds is 15. The number of hydrogen-bond acceptors (Lipinski definition) is 3. The third-order valence-electron chi connectivity index (χ3n) is 5.19. The maximum Gasteiger partial charge on any atom is 0.609 e. The van der Waals surface area contributed by atoms with Gasteiger partial charge in [0.2, 0.25) is 0 Å². The van der Waals surface area contributed by atoms with Gasteiger partial charge in [-0.25, -0.2) is 0 Å². The summed E-state index contributed by atoms with van der Waals surface area (Å²) in [6.07, 6.45) is 7.83. The van der Waals surface area contributed by atoms with Crippen LogP contribution in [-0.4, -0.2) is 64.2 Å². The lowest BCUT2D eigenvalue weighted by Gasteiger charge is -2.46. The van der Waals surface area contributed by atoms with Gasteiger partial charge >= 0.3 is 14.8 Å². The predicted octanol–water partition coefficient (Wildman–Crippen LogP) is 5.50. The van der Waals surface area contributed by atoms with Crippen molar-refractivity contribution in [3.63, 3.8) is 0 Å². The normalized spacial score (nSPS) is 12.6. The molecule has 3 nitrogen and oxygen atoms in total. The number of unbranched alkanes of at least 4 members (excludes halogenated alkanes) is 3. The van der Waals surface area contributed by atoms with E-state index in [0.717, 1.165) is 0 Å². The van der Waals surface area contributed by atoms with Gasteiger partial charge in [-0.15, -0.1) is 0 Å². The molecule has 0 saturated heterocycles. The zero-order valence-electron chi connectivity index (χ0n) is 19.0. The zero-order chi connectivity index (χ0) is 19.4. The number of nitrogens with zero attached hydrogens (tertiary/aromatic N) is 3. The maximum absolute atomic E-state index is 2.90. The van der Waals surface area contributed by atoms with Gasteiger partial charge in [0, 0.05) is 0 Å². The molecule has 150 valence electrons. The van der Waals surface area contributed by atoms with Gasteiger partial charge in [0.05, 0.1) is 0 Å². The summed E-state index contributed by atoms with van der Waals surface area (Å²) in [5.41, 5.74) is 0. The molecule has 0 spiro atoms. The Hall–Kier alpha value is 0.412. The quantitative estimate of drug-likeness (QED) is 0.353. The molecule has 0 fully saturated rings. The van der Waals surface area contributed by atoms with E-state index in [1.807, 2.05) is 0 Å². The highest BCUT2D eigenvalue weighted by molar-refractivity contribution is 6.50. The summed E-state index contributed by atoms with van der Waals surface area (Å²) in [6.45, 7) is 25.2. The van der Waals surface area contributed by atoms with Gasteiger partial charge in [-0.05, 0) is 57.0 Å². The van der Waals surface area contributed by atoms with Gasteiger partial charge in [-0.1, -0.05) is 81.6 Å². The molecule has 0 aromatic rings. The van der Waals surface area contributed by atoms with Gasteiger partial charge < -0.3 is 11.7 Å². The highest BCUT2D eigenvalue weighted by Gasteiger charge is 2.44. The topological polar surface area (TPSA) is 9.72 Å². The van der Waals surface area contributed by atoms with E-state index in [1.54, 1.807) is 0 Å². The smallest absolute Gasteiger partial charge is 0.355 e. The lowest BCUT2D eigenvalue weighted by molar-refractivity contribution is 0.199. The summed E-state index contributed by atoms with van der Waals surface area (Å²) in [6, 6.07) is 1.90. The van der Waals surface area contributed by atoms with Gasteiger partial charge in [0.25, 0.3) is 0 Å². The molecule has 0 aliphatic rings. The Labute approximate surface area is 165 Å². The van der Waals surface area contributed by atoms with Crippen molar-refractivity contribution >= 4 is 14.8 Å². The van der Waals surface area contributed by atoms with Crippen molar-refractivity contribution in [1.29, 1.82) is 0 Å². The van der Waals surface area contributed by atoms with Crippen molar-refractivity contribution in [1.82, 2.24) is 11.7 Å². The summed E-state index contributed by atoms with van der Waals surface area (Å²) in [4.78, 5) is 0. The predicted molar refractivity (Wildman–Crippen MR) is 116 cm³/mol. The van der Waals surface area contributed by atoms with E-state index in [-0.39, 0.29) is 0 Å². The second-order valence-electron chi connectivity index (χ2n) is 8.40. The Morgan fingerprint density at radius 1 is 0.520 bits per heavy atom. The van der Waals surface area contributed by atoms with Gasteiger partial charge in [-0.2, -0.15) is 0 Å². The fourth-order valence-corrected chi connectivity index (χ4v) is 7.50. The van der Waals surface area contributed by atoms with E-state index >= 15 is 0 Å². The first kappa shape index (κ1) is 25.4. The van der Waals surface area contributed by atoms with Crippen LogP contribution in [0.15, 0.2) is 0 Å². The molecule has 0 unspecified atom stereocenters. The fourth-order valence-electron chi connectivity index (χ4n) is 3.51. The molecule has 25 heavy (non-hydrogen) atoms. The Kier molecular flexibility index (Phi) is 14.7. The average Bonchev–Trinajstić information content (AvgIpc) is 2.54. The average molecular weight is 370 g/mol. The van der Waals surface area contributed by atoms with Gasteiger partial charge in [0.15, 0.2) is 0 Å². The van der Waals surface area contributed by atoms with Crippen LogP contribution >= 0.6 is 0 Å². The van der Waals surface area contributed by atoms with Crippen molar-refractivity contribution in [2.24, 2.45) is 0 Å². The molecule has 0 N–H and O–H groups in total. The second kappa shape index (κ2) is 14.5. The van der Waals surface area contributed by atoms with E-state index in [1.165, 1.54) is 58.2 Å². The molecule has 0 amide bonds.